The van der Waals surface area contributed by atoms with Gasteiger partial charge >= 0.3 is 12.1 Å². The summed E-state index contributed by atoms with van der Waals surface area (Å²) in [6, 6.07) is 4.55. The Bertz CT molecular complexity index is 674. The van der Waals surface area contributed by atoms with Crippen LogP contribution < -0.4 is 0 Å². The Labute approximate surface area is 143 Å². The highest BCUT2D eigenvalue weighted by atomic mass is 19.4. The number of hydrogen-bond donors (Lipinski definition) is 0. The molecule has 0 aromatic carbocycles. The standard InChI is InChI=1S/C16H19F3N4O2/c1-2-25-15(24)6-8-22(11-13-4-3-7-20-10-13)12-23-9-5-14(21-23)16(17,18)19/h3-5,7,9-10H,2,6,8,11-12H2,1H3. The van der Waals surface area contributed by atoms with Crippen molar-refractivity contribution < 1.29 is 22.7 Å². The molecule has 0 atom stereocenters. The van der Waals surface area contributed by atoms with Crippen LogP contribution in [0.15, 0.2) is 36.8 Å². The average Bonchev–Trinajstić information content (AvgIpc) is 3.03. The molecule has 2 rings (SSSR count). The molecule has 0 amide bonds. The minimum atomic E-state index is -4.48. The van der Waals surface area contributed by atoms with E-state index in [1.165, 1.54) is 10.9 Å². The van der Waals surface area contributed by atoms with Gasteiger partial charge in [-0.25, -0.2) is 0 Å². The third kappa shape index (κ3) is 6.18. The second kappa shape index (κ2) is 8.61. The summed E-state index contributed by atoms with van der Waals surface area (Å²) in [6.45, 7) is 2.87. The summed E-state index contributed by atoms with van der Waals surface area (Å²) in [5.41, 5.74) is -0.0613. The molecule has 0 bridgehead atoms. The Kier molecular flexibility index (Phi) is 6.51. The number of hydrogen-bond acceptors (Lipinski definition) is 5. The summed E-state index contributed by atoms with van der Waals surface area (Å²) in [7, 11) is 0. The molecular weight excluding hydrogens is 337 g/mol. The lowest BCUT2D eigenvalue weighted by molar-refractivity contribution is -0.143. The summed E-state index contributed by atoms with van der Waals surface area (Å²) < 4.78 is 44.1. The summed E-state index contributed by atoms with van der Waals surface area (Å²) in [4.78, 5) is 17.4. The van der Waals surface area contributed by atoms with Crippen molar-refractivity contribution in [2.45, 2.75) is 32.7 Å². The molecule has 0 spiro atoms. The molecule has 2 aromatic heterocycles. The molecule has 9 heteroatoms. The summed E-state index contributed by atoms with van der Waals surface area (Å²) in [5.74, 6) is -0.352. The second-order valence-electron chi connectivity index (χ2n) is 5.35. The van der Waals surface area contributed by atoms with Crippen LogP contribution in [-0.2, 0) is 28.9 Å². The van der Waals surface area contributed by atoms with Gasteiger partial charge in [0, 0.05) is 31.7 Å². The van der Waals surface area contributed by atoms with Crippen LogP contribution in [0.5, 0.6) is 0 Å². The molecule has 0 N–H and O–H groups in total. The van der Waals surface area contributed by atoms with Gasteiger partial charge in [0.25, 0.3) is 0 Å². The van der Waals surface area contributed by atoms with E-state index >= 15 is 0 Å². The van der Waals surface area contributed by atoms with Gasteiger partial charge in [-0.15, -0.1) is 0 Å². The fraction of sp³-hybridized carbons (Fsp3) is 0.438. The SMILES string of the molecule is CCOC(=O)CCN(Cc1cccnc1)Cn1ccc(C(F)(F)F)n1. The van der Waals surface area contributed by atoms with Crippen molar-refractivity contribution in [3.05, 3.63) is 48.0 Å². The summed E-state index contributed by atoms with van der Waals surface area (Å²) in [5, 5.41) is 3.54. The molecule has 136 valence electrons. The highest BCUT2D eigenvalue weighted by Crippen LogP contribution is 2.27. The van der Waals surface area contributed by atoms with E-state index in [0.717, 1.165) is 11.6 Å². The van der Waals surface area contributed by atoms with Gasteiger partial charge in [0.1, 0.15) is 0 Å². The van der Waals surface area contributed by atoms with Gasteiger partial charge in [-0.1, -0.05) is 6.07 Å². The monoisotopic (exact) mass is 356 g/mol. The largest absolute Gasteiger partial charge is 0.466 e. The third-order valence-electron chi connectivity index (χ3n) is 3.34. The van der Waals surface area contributed by atoms with Gasteiger partial charge in [-0.2, -0.15) is 18.3 Å². The van der Waals surface area contributed by atoms with Gasteiger partial charge < -0.3 is 4.74 Å². The number of nitrogens with zero attached hydrogens (tertiary/aromatic N) is 4. The Morgan fingerprint density at radius 2 is 2.16 bits per heavy atom. The minimum Gasteiger partial charge on any atom is -0.466 e. The van der Waals surface area contributed by atoms with Crippen molar-refractivity contribution in [2.24, 2.45) is 0 Å². The molecule has 0 saturated carbocycles. The first-order chi connectivity index (χ1) is 11.9. The molecule has 2 aromatic rings. The summed E-state index contributed by atoms with van der Waals surface area (Å²) >= 11 is 0. The highest BCUT2D eigenvalue weighted by molar-refractivity contribution is 5.69. The van der Waals surface area contributed by atoms with Crippen molar-refractivity contribution in [1.82, 2.24) is 19.7 Å². The predicted octanol–water partition coefficient (Wildman–Crippen LogP) is 2.71. The first-order valence-corrected chi connectivity index (χ1v) is 7.76. The Balaban J connectivity index is 2.05. The second-order valence-corrected chi connectivity index (χ2v) is 5.35. The van der Waals surface area contributed by atoms with Gasteiger partial charge in [-0.05, 0) is 24.6 Å². The van der Waals surface area contributed by atoms with E-state index in [1.54, 1.807) is 30.3 Å². The maximum atomic E-state index is 12.7. The Hall–Kier alpha value is -2.42. The predicted molar refractivity (Wildman–Crippen MR) is 83.1 cm³/mol. The fourth-order valence-corrected chi connectivity index (χ4v) is 2.23. The van der Waals surface area contributed by atoms with Gasteiger partial charge in [0.15, 0.2) is 5.69 Å². The molecule has 0 aliphatic rings. The van der Waals surface area contributed by atoms with E-state index in [2.05, 4.69) is 10.1 Å². The molecule has 2 heterocycles. The Morgan fingerprint density at radius 3 is 2.76 bits per heavy atom. The van der Waals surface area contributed by atoms with Crippen LogP contribution in [0.2, 0.25) is 0 Å². The molecule has 0 fully saturated rings. The molecule has 0 saturated heterocycles. The average molecular weight is 356 g/mol. The number of pyridine rings is 1. The number of alkyl halides is 3. The lowest BCUT2D eigenvalue weighted by atomic mass is 10.2. The lowest BCUT2D eigenvalue weighted by Crippen LogP contribution is -2.29. The zero-order chi connectivity index (χ0) is 18.3. The van der Waals surface area contributed by atoms with Crippen molar-refractivity contribution in [3.63, 3.8) is 0 Å². The van der Waals surface area contributed by atoms with E-state index in [4.69, 9.17) is 4.74 Å². The number of esters is 1. The van der Waals surface area contributed by atoms with E-state index < -0.39 is 11.9 Å². The molecule has 25 heavy (non-hydrogen) atoms. The van der Waals surface area contributed by atoms with Crippen molar-refractivity contribution in [3.8, 4) is 0 Å². The first-order valence-electron chi connectivity index (χ1n) is 7.76. The van der Waals surface area contributed by atoms with Crippen LogP contribution >= 0.6 is 0 Å². The Morgan fingerprint density at radius 1 is 1.36 bits per heavy atom. The van der Waals surface area contributed by atoms with Crippen LogP contribution in [0.25, 0.3) is 0 Å². The van der Waals surface area contributed by atoms with E-state index in [1.807, 2.05) is 6.07 Å². The number of aromatic nitrogens is 3. The van der Waals surface area contributed by atoms with Crippen LogP contribution in [-0.4, -0.2) is 38.8 Å². The van der Waals surface area contributed by atoms with Gasteiger partial charge in [0.2, 0.25) is 0 Å². The summed E-state index contributed by atoms with van der Waals surface area (Å²) in [6.07, 6.45) is 0.229. The maximum Gasteiger partial charge on any atom is 0.435 e. The number of halogens is 3. The zero-order valence-electron chi connectivity index (χ0n) is 13.7. The van der Waals surface area contributed by atoms with Crippen LogP contribution in [0.1, 0.15) is 24.6 Å². The van der Waals surface area contributed by atoms with Crippen molar-refractivity contribution in [1.29, 1.82) is 0 Å². The van der Waals surface area contributed by atoms with Crippen LogP contribution in [0.3, 0.4) is 0 Å². The molecule has 0 unspecified atom stereocenters. The van der Waals surface area contributed by atoms with Crippen molar-refractivity contribution >= 4 is 5.97 Å². The normalized spacial score (nSPS) is 11.7. The lowest BCUT2D eigenvalue weighted by Gasteiger charge is -2.22. The third-order valence-corrected chi connectivity index (χ3v) is 3.34. The molecule has 0 aliphatic carbocycles. The van der Waals surface area contributed by atoms with Gasteiger partial charge in [0.05, 0.1) is 19.7 Å². The highest BCUT2D eigenvalue weighted by Gasteiger charge is 2.33. The van der Waals surface area contributed by atoms with Crippen LogP contribution in [0, 0.1) is 0 Å². The number of carbonyl (C=O) groups is 1. The minimum absolute atomic E-state index is 0.115. The molecule has 0 radical (unpaired) electrons. The number of rotatable bonds is 8. The van der Waals surface area contributed by atoms with E-state index in [9.17, 15) is 18.0 Å². The molecular formula is C16H19F3N4O2. The number of carbonyl (C=O) groups excluding carboxylic acids is 1. The fourth-order valence-electron chi connectivity index (χ4n) is 2.23. The molecule has 6 nitrogen and oxygen atoms in total. The first kappa shape index (κ1) is 18.9. The van der Waals surface area contributed by atoms with Crippen molar-refractivity contribution in [2.75, 3.05) is 13.2 Å². The van der Waals surface area contributed by atoms with Crippen LogP contribution in [0.4, 0.5) is 13.2 Å². The van der Waals surface area contributed by atoms with E-state index in [0.29, 0.717) is 13.1 Å². The van der Waals surface area contributed by atoms with Gasteiger partial charge in [-0.3, -0.25) is 19.4 Å². The maximum absolute atomic E-state index is 12.7. The van der Waals surface area contributed by atoms with E-state index in [-0.39, 0.29) is 25.7 Å². The smallest absolute Gasteiger partial charge is 0.435 e. The topological polar surface area (TPSA) is 60.2 Å². The zero-order valence-corrected chi connectivity index (χ0v) is 13.7. The quantitative estimate of drug-likeness (QED) is 0.681. The number of ether oxygens (including phenoxy) is 1. The molecule has 0 aliphatic heterocycles.